The van der Waals surface area contributed by atoms with Gasteiger partial charge in [-0.15, -0.1) is 0 Å². The Kier molecular flexibility index (Phi) is 3.89. The van der Waals surface area contributed by atoms with Crippen molar-refractivity contribution in [2.45, 2.75) is 37.8 Å². The Bertz CT molecular complexity index is 429. The molecule has 4 heteroatoms. The molecule has 2 heterocycles. The number of hydrogen-bond donors (Lipinski definition) is 1. The van der Waals surface area contributed by atoms with Gasteiger partial charge in [0.2, 0.25) is 0 Å². The van der Waals surface area contributed by atoms with Crippen LogP contribution < -0.4 is 15.2 Å². The van der Waals surface area contributed by atoms with E-state index in [9.17, 15) is 0 Å². The lowest BCUT2D eigenvalue weighted by atomic mass is 10.00. The Morgan fingerprint density at radius 1 is 1.11 bits per heavy atom. The number of nitrogens with two attached hydrogens (primary N) is 1. The molecule has 0 amide bonds. The summed E-state index contributed by atoms with van der Waals surface area (Å²) in [5.41, 5.74) is 7.37. The van der Waals surface area contributed by atoms with Crippen molar-refractivity contribution in [3.05, 3.63) is 23.8 Å². The van der Waals surface area contributed by atoms with E-state index in [0.29, 0.717) is 19.3 Å². The van der Waals surface area contributed by atoms with Gasteiger partial charge in [-0.05, 0) is 37.0 Å². The summed E-state index contributed by atoms with van der Waals surface area (Å²) in [5, 5.41) is 0. The molecule has 2 N–H and O–H groups in total. The van der Waals surface area contributed by atoms with Crippen molar-refractivity contribution in [1.82, 2.24) is 0 Å². The summed E-state index contributed by atoms with van der Waals surface area (Å²) >= 11 is 0. The fourth-order valence-electron chi connectivity index (χ4n) is 2.66. The van der Waals surface area contributed by atoms with Gasteiger partial charge in [-0.2, -0.15) is 0 Å². The molecule has 1 saturated heterocycles. The summed E-state index contributed by atoms with van der Waals surface area (Å²) in [6.07, 6.45) is 4.38. The standard InChI is InChI=1S/C15H21NO3/c16-13(10-12-3-1-6-17-12)11-4-5-14-15(9-11)19-8-2-7-18-14/h4-5,9,12-13H,1-3,6-8,10,16H2. The Balaban J connectivity index is 1.71. The molecule has 1 aromatic rings. The third kappa shape index (κ3) is 3.01. The highest BCUT2D eigenvalue weighted by Crippen LogP contribution is 2.33. The lowest BCUT2D eigenvalue weighted by Gasteiger charge is -2.18. The minimum atomic E-state index is 0.000234. The second-order valence-corrected chi connectivity index (χ2v) is 5.23. The van der Waals surface area contributed by atoms with Crippen molar-refractivity contribution in [3.8, 4) is 11.5 Å². The molecule has 0 saturated carbocycles. The van der Waals surface area contributed by atoms with Crippen LogP contribution in [0.3, 0.4) is 0 Å². The Morgan fingerprint density at radius 3 is 2.74 bits per heavy atom. The van der Waals surface area contributed by atoms with Crippen molar-refractivity contribution in [3.63, 3.8) is 0 Å². The van der Waals surface area contributed by atoms with E-state index < -0.39 is 0 Å². The van der Waals surface area contributed by atoms with Gasteiger partial charge in [-0.25, -0.2) is 0 Å². The Labute approximate surface area is 113 Å². The zero-order valence-electron chi connectivity index (χ0n) is 11.1. The average molecular weight is 263 g/mol. The highest BCUT2D eigenvalue weighted by atomic mass is 16.5. The summed E-state index contributed by atoms with van der Waals surface area (Å²) in [7, 11) is 0. The largest absolute Gasteiger partial charge is 0.490 e. The van der Waals surface area contributed by atoms with Crippen molar-refractivity contribution >= 4 is 0 Å². The first-order valence-electron chi connectivity index (χ1n) is 7.09. The maximum atomic E-state index is 6.27. The molecule has 0 aliphatic carbocycles. The normalized spacial score (nSPS) is 23.9. The van der Waals surface area contributed by atoms with E-state index in [0.717, 1.165) is 49.4 Å². The maximum Gasteiger partial charge on any atom is 0.161 e. The quantitative estimate of drug-likeness (QED) is 0.910. The van der Waals surface area contributed by atoms with Crippen LogP contribution in [-0.2, 0) is 4.74 Å². The summed E-state index contributed by atoms with van der Waals surface area (Å²) in [5.74, 6) is 1.64. The van der Waals surface area contributed by atoms with Gasteiger partial charge in [0, 0.05) is 19.1 Å². The van der Waals surface area contributed by atoms with Gasteiger partial charge < -0.3 is 19.9 Å². The predicted octanol–water partition coefficient (Wildman–Crippen LogP) is 2.42. The topological polar surface area (TPSA) is 53.7 Å². The smallest absolute Gasteiger partial charge is 0.161 e. The summed E-state index contributed by atoms with van der Waals surface area (Å²) in [4.78, 5) is 0. The van der Waals surface area contributed by atoms with Crippen LogP contribution in [0.1, 0.15) is 37.3 Å². The highest BCUT2D eigenvalue weighted by molar-refractivity contribution is 5.44. The monoisotopic (exact) mass is 263 g/mol. The van der Waals surface area contributed by atoms with Crippen molar-refractivity contribution < 1.29 is 14.2 Å². The van der Waals surface area contributed by atoms with Gasteiger partial charge in [0.05, 0.1) is 19.3 Å². The van der Waals surface area contributed by atoms with E-state index in [-0.39, 0.29) is 6.04 Å². The van der Waals surface area contributed by atoms with Gasteiger partial charge in [0.15, 0.2) is 11.5 Å². The van der Waals surface area contributed by atoms with Crippen LogP contribution in [0.5, 0.6) is 11.5 Å². The number of rotatable bonds is 3. The highest BCUT2D eigenvalue weighted by Gasteiger charge is 2.21. The van der Waals surface area contributed by atoms with Gasteiger partial charge in [-0.1, -0.05) is 6.07 Å². The third-order valence-corrected chi connectivity index (χ3v) is 3.74. The van der Waals surface area contributed by atoms with Gasteiger partial charge >= 0.3 is 0 Å². The molecule has 2 unspecified atom stereocenters. The van der Waals surface area contributed by atoms with Crippen molar-refractivity contribution in [2.75, 3.05) is 19.8 Å². The molecule has 0 aromatic heterocycles. The van der Waals surface area contributed by atoms with Crippen molar-refractivity contribution in [1.29, 1.82) is 0 Å². The van der Waals surface area contributed by atoms with E-state index in [1.165, 1.54) is 0 Å². The van der Waals surface area contributed by atoms with E-state index in [1.807, 2.05) is 18.2 Å². The minimum absolute atomic E-state index is 0.000234. The predicted molar refractivity (Wildman–Crippen MR) is 72.6 cm³/mol. The summed E-state index contributed by atoms with van der Waals surface area (Å²) < 4.78 is 17.0. The van der Waals surface area contributed by atoms with Gasteiger partial charge in [0.1, 0.15) is 0 Å². The number of fused-ring (bicyclic) bond motifs is 1. The lowest BCUT2D eigenvalue weighted by molar-refractivity contribution is 0.0983. The molecule has 104 valence electrons. The molecule has 1 aromatic carbocycles. The van der Waals surface area contributed by atoms with Gasteiger partial charge in [-0.3, -0.25) is 0 Å². The van der Waals surface area contributed by atoms with Crippen LogP contribution in [0.2, 0.25) is 0 Å². The second-order valence-electron chi connectivity index (χ2n) is 5.23. The number of benzene rings is 1. The molecule has 0 bridgehead atoms. The first kappa shape index (κ1) is 12.8. The summed E-state index contributed by atoms with van der Waals surface area (Å²) in [6, 6.07) is 6.01. The molecule has 2 atom stereocenters. The van der Waals surface area contributed by atoms with E-state index >= 15 is 0 Å². The third-order valence-electron chi connectivity index (χ3n) is 3.74. The number of hydrogen-bond acceptors (Lipinski definition) is 4. The molecule has 19 heavy (non-hydrogen) atoms. The molecule has 4 nitrogen and oxygen atoms in total. The van der Waals surface area contributed by atoms with Crippen LogP contribution >= 0.6 is 0 Å². The zero-order chi connectivity index (χ0) is 13.1. The van der Waals surface area contributed by atoms with E-state index in [2.05, 4.69) is 0 Å². The first-order chi connectivity index (χ1) is 9.33. The van der Waals surface area contributed by atoms with Crippen LogP contribution in [-0.4, -0.2) is 25.9 Å². The minimum Gasteiger partial charge on any atom is -0.490 e. The molecule has 3 rings (SSSR count). The second kappa shape index (κ2) is 5.80. The van der Waals surface area contributed by atoms with Crippen LogP contribution in [0.4, 0.5) is 0 Å². The zero-order valence-corrected chi connectivity index (χ0v) is 11.1. The molecule has 0 radical (unpaired) electrons. The van der Waals surface area contributed by atoms with E-state index in [4.69, 9.17) is 19.9 Å². The SMILES string of the molecule is NC(CC1CCCO1)c1ccc2c(c1)OCCCO2. The Morgan fingerprint density at radius 2 is 1.95 bits per heavy atom. The fraction of sp³-hybridized carbons (Fsp3) is 0.600. The average Bonchev–Trinajstić information content (AvgIpc) is 2.81. The Hall–Kier alpha value is -1.26. The molecule has 2 aliphatic heterocycles. The van der Waals surface area contributed by atoms with Crippen LogP contribution in [0.25, 0.3) is 0 Å². The fourth-order valence-corrected chi connectivity index (χ4v) is 2.66. The maximum absolute atomic E-state index is 6.27. The van der Waals surface area contributed by atoms with Crippen LogP contribution in [0.15, 0.2) is 18.2 Å². The lowest BCUT2D eigenvalue weighted by Crippen LogP contribution is -2.18. The van der Waals surface area contributed by atoms with E-state index in [1.54, 1.807) is 0 Å². The molecular formula is C15H21NO3. The molecule has 2 aliphatic rings. The molecule has 1 fully saturated rings. The van der Waals surface area contributed by atoms with Gasteiger partial charge in [0.25, 0.3) is 0 Å². The van der Waals surface area contributed by atoms with Crippen LogP contribution in [0, 0.1) is 0 Å². The van der Waals surface area contributed by atoms with Crippen molar-refractivity contribution in [2.24, 2.45) is 5.73 Å². The summed E-state index contributed by atoms with van der Waals surface area (Å²) in [6.45, 7) is 2.30. The first-order valence-corrected chi connectivity index (χ1v) is 7.09. The molecular weight excluding hydrogens is 242 g/mol. The number of ether oxygens (including phenoxy) is 3. The molecule has 0 spiro atoms.